The van der Waals surface area contributed by atoms with Gasteiger partial charge in [0, 0.05) is 0 Å². The lowest BCUT2D eigenvalue weighted by atomic mass is 9.93. The summed E-state index contributed by atoms with van der Waals surface area (Å²) >= 11 is 0. The van der Waals surface area contributed by atoms with Crippen molar-refractivity contribution in [3.8, 4) is 5.75 Å². The zero-order valence-electron chi connectivity index (χ0n) is 10.2. The van der Waals surface area contributed by atoms with Crippen LogP contribution in [-0.4, -0.2) is 11.2 Å². The number of aliphatic hydroxyl groups is 1. The minimum absolute atomic E-state index is 0.149. The quantitative estimate of drug-likeness (QED) is 0.893. The molecule has 3 heteroatoms. The summed E-state index contributed by atoms with van der Waals surface area (Å²) in [5.74, 6) is -0.280. The van der Waals surface area contributed by atoms with Crippen LogP contribution in [0.4, 0.5) is 4.39 Å². The van der Waals surface area contributed by atoms with Crippen molar-refractivity contribution < 1.29 is 14.2 Å². The van der Waals surface area contributed by atoms with Crippen LogP contribution in [0.25, 0.3) is 6.08 Å². The van der Waals surface area contributed by atoms with Crippen LogP contribution < -0.4 is 4.74 Å². The van der Waals surface area contributed by atoms with Gasteiger partial charge in [-0.1, -0.05) is 42.5 Å². The van der Waals surface area contributed by atoms with Crippen molar-refractivity contribution >= 4 is 6.08 Å². The lowest BCUT2D eigenvalue weighted by Crippen LogP contribution is -2.26. The minimum Gasteiger partial charge on any atom is -0.480 e. The number of hydrogen-bond acceptors (Lipinski definition) is 2. The lowest BCUT2D eigenvalue weighted by molar-refractivity contribution is 0.0599. The second-order valence-electron chi connectivity index (χ2n) is 4.45. The van der Waals surface area contributed by atoms with Crippen molar-refractivity contribution in [3.05, 3.63) is 71.6 Å². The lowest BCUT2D eigenvalue weighted by Gasteiger charge is -2.26. The van der Waals surface area contributed by atoms with E-state index in [-0.39, 0.29) is 5.75 Å². The Bertz CT molecular complexity index is 622. The van der Waals surface area contributed by atoms with Crippen LogP contribution in [0.15, 0.2) is 54.6 Å². The van der Waals surface area contributed by atoms with Gasteiger partial charge in [-0.05, 0) is 29.3 Å². The molecule has 2 atom stereocenters. The van der Waals surface area contributed by atoms with E-state index < -0.39 is 18.0 Å². The summed E-state index contributed by atoms with van der Waals surface area (Å²) in [5.41, 5.74) is 1.76. The van der Waals surface area contributed by atoms with Crippen molar-refractivity contribution in [2.75, 3.05) is 0 Å². The summed E-state index contributed by atoms with van der Waals surface area (Å²) in [4.78, 5) is 0. The topological polar surface area (TPSA) is 29.5 Å². The molecule has 0 heterocycles. The number of hydrogen-bond donors (Lipinski definition) is 1. The molecule has 0 spiro atoms. The monoisotopic (exact) mass is 256 g/mol. The third-order valence-electron chi connectivity index (χ3n) is 3.19. The first-order valence-electron chi connectivity index (χ1n) is 6.12. The maximum Gasteiger partial charge on any atom is 0.165 e. The molecule has 0 aromatic heterocycles. The molecule has 2 aromatic carbocycles. The van der Waals surface area contributed by atoms with Crippen molar-refractivity contribution in [2.45, 2.75) is 12.2 Å². The van der Waals surface area contributed by atoms with Gasteiger partial charge in [-0.2, -0.15) is 0 Å². The average Bonchev–Trinajstić information content (AvgIpc) is 2.44. The van der Waals surface area contributed by atoms with Gasteiger partial charge in [0.25, 0.3) is 0 Å². The van der Waals surface area contributed by atoms with E-state index in [0.29, 0.717) is 0 Å². The van der Waals surface area contributed by atoms with Crippen LogP contribution in [0.1, 0.15) is 17.2 Å². The Morgan fingerprint density at radius 3 is 2.58 bits per heavy atom. The number of halogens is 1. The van der Waals surface area contributed by atoms with E-state index >= 15 is 0 Å². The van der Waals surface area contributed by atoms with Gasteiger partial charge in [0.05, 0.1) is 0 Å². The van der Waals surface area contributed by atoms with Crippen LogP contribution in [0.5, 0.6) is 5.75 Å². The number of ether oxygens (including phenoxy) is 1. The van der Waals surface area contributed by atoms with Gasteiger partial charge >= 0.3 is 0 Å². The van der Waals surface area contributed by atoms with Crippen LogP contribution in [0.2, 0.25) is 0 Å². The molecular formula is C16H13FO2. The second-order valence-corrected chi connectivity index (χ2v) is 4.45. The zero-order valence-corrected chi connectivity index (χ0v) is 10.2. The van der Waals surface area contributed by atoms with Gasteiger partial charge in [-0.3, -0.25) is 0 Å². The molecule has 1 aliphatic carbocycles. The van der Waals surface area contributed by atoms with Crippen molar-refractivity contribution in [1.82, 2.24) is 0 Å². The molecular weight excluding hydrogens is 243 g/mol. The van der Waals surface area contributed by atoms with Gasteiger partial charge in [0.15, 0.2) is 11.6 Å². The highest BCUT2D eigenvalue weighted by atomic mass is 19.1. The van der Waals surface area contributed by atoms with Crippen molar-refractivity contribution in [1.29, 1.82) is 0 Å². The van der Waals surface area contributed by atoms with Crippen LogP contribution in [0, 0.1) is 5.82 Å². The number of benzene rings is 2. The van der Waals surface area contributed by atoms with E-state index in [9.17, 15) is 9.50 Å². The van der Waals surface area contributed by atoms with Crippen LogP contribution in [0.3, 0.4) is 0 Å². The van der Waals surface area contributed by atoms with Crippen molar-refractivity contribution in [3.63, 3.8) is 0 Å². The molecule has 0 fully saturated rings. The van der Waals surface area contributed by atoms with Gasteiger partial charge in [-0.15, -0.1) is 0 Å². The number of para-hydroxylation sites is 1. The van der Waals surface area contributed by atoms with E-state index in [1.54, 1.807) is 24.3 Å². The smallest absolute Gasteiger partial charge is 0.165 e. The summed E-state index contributed by atoms with van der Waals surface area (Å²) in [6.07, 6.45) is 2.26. The van der Waals surface area contributed by atoms with E-state index in [4.69, 9.17) is 4.74 Å². The fourth-order valence-electron chi connectivity index (χ4n) is 2.20. The maximum absolute atomic E-state index is 13.5. The van der Waals surface area contributed by atoms with E-state index in [1.807, 2.05) is 30.3 Å². The van der Waals surface area contributed by atoms with Gasteiger partial charge in [0.1, 0.15) is 12.2 Å². The SMILES string of the molecule is O[C@@H]1c2ccccc2C=C[C@H]1Oc1ccccc1F. The van der Waals surface area contributed by atoms with E-state index in [2.05, 4.69) is 0 Å². The summed E-state index contributed by atoms with van der Waals surface area (Å²) in [5, 5.41) is 10.3. The molecule has 96 valence electrons. The first kappa shape index (κ1) is 11.9. The number of aliphatic hydroxyl groups excluding tert-OH is 1. The van der Waals surface area contributed by atoms with Crippen molar-refractivity contribution in [2.24, 2.45) is 0 Å². The molecule has 19 heavy (non-hydrogen) atoms. The third kappa shape index (κ3) is 2.25. The summed E-state index contributed by atoms with van der Waals surface area (Å²) in [6, 6.07) is 13.7. The number of fused-ring (bicyclic) bond motifs is 1. The molecule has 0 unspecified atom stereocenters. The third-order valence-corrected chi connectivity index (χ3v) is 3.19. The van der Waals surface area contributed by atoms with Gasteiger partial charge < -0.3 is 9.84 Å². The molecule has 0 aliphatic heterocycles. The molecule has 1 N–H and O–H groups in total. The first-order chi connectivity index (χ1) is 9.25. The highest BCUT2D eigenvalue weighted by Crippen LogP contribution is 2.31. The van der Waals surface area contributed by atoms with Gasteiger partial charge in [0.2, 0.25) is 0 Å². The van der Waals surface area contributed by atoms with Crippen LogP contribution in [-0.2, 0) is 0 Å². The standard InChI is InChI=1S/C16H13FO2/c17-13-7-3-4-8-14(13)19-15-10-9-11-5-1-2-6-12(11)16(15)18/h1-10,15-16,18H/t15-,16-/m1/s1. The molecule has 0 amide bonds. The van der Waals surface area contributed by atoms with E-state index in [1.165, 1.54) is 6.07 Å². The molecule has 3 rings (SSSR count). The normalized spacial score (nSPS) is 20.9. The van der Waals surface area contributed by atoms with E-state index in [0.717, 1.165) is 11.1 Å². The van der Waals surface area contributed by atoms with Gasteiger partial charge in [-0.25, -0.2) is 4.39 Å². The molecule has 2 nitrogen and oxygen atoms in total. The Kier molecular flexibility index (Phi) is 3.05. The fraction of sp³-hybridized carbons (Fsp3) is 0.125. The Labute approximate surface area is 110 Å². The average molecular weight is 256 g/mol. The largest absolute Gasteiger partial charge is 0.480 e. The predicted molar refractivity (Wildman–Crippen MR) is 71.3 cm³/mol. The molecule has 0 radical (unpaired) electrons. The first-order valence-corrected chi connectivity index (χ1v) is 6.12. The molecule has 0 saturated carbocycles. The number of rotatable bonds is 2. The Morgan fingerprint density at radius 2 is 1.74 bits per heavy atom. The highest BCUT2D eigenvalue weighted by molar-refractivity contribution is 5.58. The summed E-state index contributed by atoms with van der Waals surface area (Å²) in [7, 11) is 0. The second kappa shape index (κ2) is 4.86. The summed E-state index contributed by atoms with van der Waals surface area (Å²) in [6.45, 7) is 0. The summed E-state index contributed by atoms with van der Waals surface area (Å²) < 4.78 is 19.1. The fourth-order valence-corrected chi connectivity index (χ4v) is 2.20. The molecule has 0 bridgehead atoms. The molecule has 2 aromatic rings. The molecule has 0 saturated heterocycles. The zero-order chi connectivity index (χ0) is 13.2. The maximum atomic E-state index is 13.5. The Hall–Kier alpha value is -2.13. The molecule has 1 aliphatic rings. The Balaban J connectivity index is 1.87. The highest BCUT2D eigenvalue weighted by Gasteiger charge is 2.26. The van der Waals surface area contributed by atoms with Crippen LogP contribution >= 0.6 is 0 Å². The predicted octanol–water partition coefficient (Wildman–Crippen LogP) is 3.33. The Morgan fingerprint density at radius 1 is 1.00 bits per heavy atom. The minimum atomic E-state index is -0.791.